The van der Waals surface area contributed by atoms with Crippen LogP contribution in [0.1, 0.15) is 11.1 Å². The Morgan fingerprint density at radius 3 is 2.00 bits per heavy atom. The van der Waals surface area contributed by atoms with Crippen LogP contribution in [0.2, 0.25) is 0 Å². The van der Waals surface area contributed by atoms with Crippen LogP contribution >= 0.6 is 11.8 Å². The van der Waals surface area contributed by atoms with Crippen LogP contribution in [0.15, 0.2) is 48.5 Å². The lowest BCUT2D eigenvalue weighted by molar-refractivity contribution is -0.182. The minimum Gasteiger partial charge on any atom is -0.468 e. The van der Waals surface area contributed by atoms with Crippen molar-refractivity contribution in [3.05, 3.63) is 59.7 Å². The molecule has 0 saturated carbocycles. The molecule has 1 fully saturated rings. The second-order valence-electron chi connectivity index (χ2n) is 5.55. The summed E-state index contributed by atoms with van der Waals surface area (Å²) in [5, 5.41) is 0. The van der Waals surface area contributed by atoms with Gasteiger partial charge in [-0.1, -0.05) is 36.4 Å². The number of carbonyl (C=O) groups is 1. The molecule has 2 aromatic rings. The Balaban J connectivity index is 2.04. The van der Waals surface area contributed by atoms with Gasteiger partial charge in [0.1, 0.15) is 16.2 Å². The molecule has 2 aliphatic heterocycles. The summed E-state index contributed by atoms with van der Waals surface area (Å²) >= 11 is 0.553. The number of halogens is 3. The fourth-order valence-corrected chi connectivity index (χ4v) is 5.02. The highest BCUT2D eigenvalue weighted by Crippen LogP contribution is 2.81. The number of rotatable bonds is 1. The van der Waals surface area contributed by atoms with Crippen molar-refractivity contribution in [2.75, 3.05) is 7.11 Å². The topological polar surface area (TPSA) is 35.5 Å². The van der Waals surface area contributed by atoms with Crippen molar-refractivity contribution in [3.63, 3.8) is 0 Å². The van der Waals surface area contributed by atoms with E-state index in [1.165, 1.54) is 0 Å². The first kappa shape index (κ1) is 15.4. The molecule has 0 aromatic heterocycles. The maximum absolute atomic E-state index is 14.0. The molecule has 1 spiro atoms. The number of ether oxygens (including phenoxy) is 2. The van der Waals surface area contributed by atoms with Gasteiger partial charge in [-0.3, -0.25) is 4.79 Å². The molecule has 7 heteroatoms. The molecule has 0 N–H and O–H groups in total. The second-order valence-corrected chi connectivity index (χ2v) is 6.98. The van der Waals surface area contributed by atoms with E-state index in [1.807, 2.05) is 0 Å². The van der Waals surface area contributed by atoms with Gasteiger partial charge in [-0.05, 0) is 12.1 Å². The summed E-state index contributed by atoms with van der Waals surface area (Å²) in [6.45, 7) is 0. The molecule has 124 valence electrons. The number of alkyl halides is 3. The van der Waals surface area contributed by atoms with Crippen molar-refractivity contribution >= 4 is 17.7 Å². The largest absolute Gasteiger partial charge is 0.468 e. The number of para-hydroxylation sites is 2. The number of methoxy groups -OCH3 is 1. The number of carbonyl (C=O) groups excluding carboxylic acids is 1. The first-order chi connectivity index (χ1) is 11.4. The van der Waals surface area contributed by atoms with Crippen LogP contribution in [0, 0.1) is 0 Å². The fourth-order valence-electron chi connectivity index (χ4n) is 3.35. The van der Waals surface area contributed by atoms with E-state index in [1.54, 1.807) is 48.5 Å². The van der Waals surface area contributed by atoms with Crippen LogP contribution in [0.25, 0.3) is 0 Å². The summed E-state index contributed by atoms with van der Waals surface area (Å²) < 4.78 is 48.0. The molecule has 24 heavy (non-hydrogen) atoms. The molecule has 0 bridgehead atoms. The zero-order valence-corrected chi connectivity index (χ0v) is 13.2. The summed E-state index contributed by atoms with van der Waals surface area (Å²) in [6, 6.07) is 13.0. The lowest BCUT2D eigenvalue weighted by Gasteiger charge is -2.31. The number of thioether (sulfide) groups is 1. The van der Waals surface area contributed by atoms with Crippen LogP contribution in [0.3, 0.4) is 0 Å². The van der Waals surface area contributed by atoms with Crippen molar-refractivity contribution < 1.29 is 27.4 Å². The summed E-state index contributed by atoms with van der Waals surface area (Å²) in [5.74, 6) is -0.663. The maximum Gasteiger partial charge on any atom is 0.415 e. The molecular formula is C17H11F3O3S. The predicted molar refractivity (Wildman–Crippen MR) is 82.1 cm³/mol. The molecule has 0 radical (unpaired) electrons. The van der Waals surface area contributed by atoms with Crippen molar-refractivity contribution in [2.45, 2.75) is 15.7 Å². The van der Waals surface area contributed by atoms with Crippen LogP contribution in [0.5, 0.6) is 11.5 Å². The molecule has 4 rings (SSSR count). The lowest BCUT2D eigenvalue weighted by Crippen LogP contribution is -2.47. The zero-order valence-electron chi connectivity index (χ0n) is 12.4. The Bertz CT molecular complexity index is 803. The fraction of sp³-hybridized carbons (Fsp3) is 0.235. The maximum atomic E-state index is 14.0. The first-order valence-corrected chi connectivity index (χ1v) is 7.92. The second kappa shape index (κ2) is 4.69. The molecule has 0 amide bonds. The average Bonchev–Trinajstić information content (AvgIpc) is 3.27. The van der Waals surface area contributed by atoms with E-state index in [0.29, 0.717) is 34.4 Å². The third kappa shape index (κ3) is 1.63. The number of hydrogen-bond donors (Lipinski definition) is 0. The first-order valence-electron chi connectivity index (χ1n) is 7.10. The van der Waals surface area contributed by atoms with Gasteiger partial charge in [0.05, 0.1) is 7.11 Å². The van der Waals surface area contributed by atoms with E-state index in [4.69, 9.17) is 4.74 Å². The van der Waals surface area contributed by atoms with E-state index in [-0.39, 0.29) is 0 Å². The molecule has 1 atom stereocenters. The zero-order chi connectivity index (χ0) is 17.2. The number of fused-ring (bicyclic) bond motifs is 4. The smallest absolute Gasteiger partial charge is 0.415 e. The summed E-state index contributed by atoms with van der Waals surface area (Å²) in [6.07, 6.45) is -4.78. The highest BCUT2D eigenvalue weighted by molar-refractivity contribution is 8.10. The van der Waals surface area contributed by atoms with E-state index in [9.17, 15) is 18.0 Å². The highest BCUT2D eigenvalue weighted by atomic mass is 32.2. The Morgan fingerprint density at radius 1 is 1.04 bits per heavy atom. The molecule has 1 saturated heterocycles. The van der Waals surface area contributed by atoms with Crippen molar-refractivity contribution in [3.8, 4) is 11.5 Å². The molecule has 3 nitrogen and oxygen atoms in total. The van der Waals surface area contributed by atoms with Crippen LogP contribution in [0.4, 0.5) is 13.2 Å². The van der Waals surface area contributed by atoms with Gasteiger partial charge in [0.2, 0.25) is 4.75 Å². The third-order valence-electron chi connectivity index (χ3n) is 4.38. The quantitative estimate of drug-likeness (QED) is 0.568. The van der Waals surface area contributed by atoms with Gasteiger partial charge in [0.25, 0.3) is 0 Å². The van der Waals surface area contributed by atoms with Crippen LogP contribution in [-0.4, -0.2) is 24.0 Å². The lowest BCUT2D eigenvalue weighted by atomic mass is 9.78. The van der Waals surface area contributed by atoms with Gasteiger partial charge in [-0.25, -0.2) is 0 Å². The van der Waals surface area contributed by atoms with Crippen molar-refractivity contribution in [1.82, 2.24) is 0 Å². The van der Waals surface area contributed by atoms with Gasteiger partial charge in [0, 0.05) is 11.1 Å². The third-order valence-corrected chi connectivity index (χ3v) is 6.24. The number of esters is 1. The molecule has 1 unspecified atom stereocenters. The minimum atomic E-state index is -4.78. The Labute approximate surface area is 139 Å². The van der Waals surface area contributed by atoms with Gasteiger partial charge < -0.3 is 9.47 Å². The van der Waals surface area contributed by atoms with Gasteiger partial charge >= 0.3 is 12.1 Å². The predicted octanol–water partition coefficient (Wildman–Crippen LogP) is 4.26. The molecule has 2 aromatic carbocycles. The molecule has 2 aliphatic rings. The van der Waals surface area contributed by atoms with Gasteiger partial charge in [-0.2, -0.15) is 13.2 Å². The van der Waals surface area contributed by atoms with E-state index < -0.39 is 21.6 Å². The normalized spacial score (nSPS) is 23.0. The summed E-state index contributed by atoms with van der Waals surface area (Å²) in [5.41, 5.74) is 0.660. The Kier molecular flexibility index (Phi) is 3.01. The van der Waals surface area contributed by atoms with Crippen molar-refractivity contribution in [1.29, 1.82) is 0 Å². The monoisotopic (exact) mass is 352 g/mol. The van der Waals surface area contributed by atoms with E-state index in [2.05, 4.69) is 4.74 Å². The average molecular weight is 352 g/mol. The van der Waals surface area contributed by atoms with Crippen LogP contribution < -0.4 is 4.74 Å². The molecule has 2 heterocycles. The highest BCUT2D eigenvalue weighted by Gasteiger charge is 2.89. The SMILES string of the molecule is COC(=O)C1(C(F)(F)F)SC12c1ccccc1Oc1ccccc12. The number of benzene rings is 2. The van der Waals surface area contributed by atoms with Gasteiger partial charge in [0.15, 0.2) is 0 Å². The number of hydrogen-bond acceptors (Lipinski definition) is 4. The van der Waals surface area contributed by atoms with E-state index >= 15 is 0 Å². The Hall–Kier alpha value is -2.15. The summed E-state index contributed by atoms with van der Waals surface area (Å²) in [4.78, 5) is 12.2. The standard InChI is InChI=1S/C17H11F3O3S/c1-22-14(21)16(17(18,19)20)15(24-16)10-6-2-4-8-12(10)23-13-9-5-3-7-11(13)15/h2-9H,1H3. The van der Waals surface area contributed by atoms with Crippen molar-refractivity contribution in [2.24, 2.45) is 0 Å². The van der Waals surface area contributed by atoms with Gasteiger partial charge in [-0.15, -0.1) is 11.8 Å². The van der Waals surface area contributed by atoms with E-state index in [0.717, 1.165) is 7.11 Å². The molecule has 0 aliphatic carbocycles. The van der Waals surface area contributed by atoms with Crippen LogP contribution in [-0.2, 0) is 14.3 Å². The molecular weight excluding hydrogens is 341 g/mol. The summed E-state index contributed by atoms with van der Waals surface area (Å²) in [7, 11) is 0.972. The minimum absolute atomic E-state index is 0.318. The Morgan fingerprint density at radius 2 is 1.54 bits per heavy atom.